The molecule has 23 heavy (non-hydrogen) atoms. The molecule has 0 bridgehead atoms. The van der Waals surface area contributed by atoms with Crippen LogP contribution in [0.2, 0.25) is 0 Å². The molecule has 1 unspecified atom stereocenters. The number of benzene rings is 1. The Labute approximate surface area is 142 Å². The first kappa shape index (κ1) is 17.6. The molecule has 1 amide bonds. The Morgan fingerprint density at radius 3 is 3.04 bits per heavy atom. The molecule has 5 nitrogen and oxygen atoms in total. The summed E-state index contributed by atoms with van der Waals surface area (Å²) in [5, 5.41) is 2.64. The van der Waals surface area contributed by atoms with Crippen molar-refractivity contribution in [1.29, 1.82) is 0 Å². The number of halogens is 2. The zero-order valence-electron chi connectivity index (χ0n) is 12.4. The number of esters is 1. The van der Waals surface area contributed by atoms with Gasteiger partial charge in [-0.2, -0.15) is 0 Å². The van der Waals surface area contributed by atoms with Gasteiger partial charge in [0.15, 0.2) is 6.61 Å². The van der Waals surface area contributed by atoms with Gasteiger partial charge in [0, 0.05) is 29.3 Å². The predicted octanol–water partition coefficient (Wildman–Crippen LogP) is 2.44. The van der Waals surface area contributed by atoms with E-state index in [1.807, 2.05) is 0 Å². The summed E-state index contributed by atoms with van der Waals surface area (Å²) in [4.78, 5) is 23.1. The number of rotatable bonds is 6. The van der Waals surface area contributed by atoms with Crippen molar-refractivity contribution in [3.05, 3.63) is 40.1 Å². The summed E-state index contributed by atoms with van der Waals surface area (Å²) in [6.07, 6.45) is 4.33. The average molecular weight is 386 g/mol. The van der Waals surface area contributed by atoms with Gasteiger partial charge in [-0.05, 0) is 37.1 Å². The highest BCUT2D eigenvalue weighted by molar-refractivity contribution is 9.10. The molecule has 0 radical (unpaired) electrons. The van der Waals surface area contributed by atoms with E-state index in [-0.39, 0.29) is 18.3 Å². The summed E-state index contributed by atoms with van der Waals surface area (Å²) in [6.45, 7) is 0.749. The Bertz CT molecular complexity index is 600. The maximum atomic E-state index is 13.5. The summed E-state index contributed by atoms with van der Waals surface area (Å²) in [6, 6.07) is 4.38. The molecular weight excluding hydrogens is 369 g/mol. The van der Waals surface area contributed by atoms with Gasteiger partial charge < -0.3 is 14.8 Å². The van der Waals surface area contributed by atoms with Crippen LogP contribution in [0.15, 0.2) is 28.7 Å². The van der Waals surface area contributed by atoms with Crippen LogP contribution in [0.25, 0.3) is 6.08 Å². The van der Waals surface area contributed by atoms with E-state index in [4.69, 9.17) is 9.47 Å². The Morgan fingerprint density at radius 1 is 1.48 bits per heavy atom. The zero-order valence-corrected chi connectivity index (χ0v) is 14.0. The van der Waals surface area contributed by atoms with E-state index in [1.54, 1.807) is 6.07 Å². The highest BCUT2D eigenvalue weighted by Gasteiger charge is 2.16. The second kappa shape index (κ2) is 8.79. The number of ether oxygens (including phenoxy) is 2. The lowest BCUT2D eigenvalue weighted by Crippen LogP contribution is -2.34. The molecular formula is C16H17BrFNO4. The molecule has 1 aliphatic rings. The maximum absolute atomic E-state index is 13.5. The molecule has 124 valence electrons. The van der Waals surface area contributed by atoms with Gasteiger partial charge in [-0.1, -0.05) is 15.9 Å². The monoisotopic (exact) mass is 385 g/mol. The molecule has 1 atom stereocenters. The van der Waals surface area contributed by atoms with Crippen molar-refractivity contribution in [3.63, 3.8) is 0 Å². The maximum Gasteiger partial charge on any atom is 0.331 e. The minimum atomic E-state index is -0.711. The van der Waals surface area contributed by atoms with E-state index in [2.05, 4.69) is 21.2 Å². The molecule has 7 heteroatoms. The van der Waals surface area contributed by atoms with Crippen LogP contribution in [0.5, 0.6) is 0 Å². The van der Waals surface area contributed by atoms with Gasteiger partial charge in [0.25, 0.3) is 5.91 Å². The van der Waals surface area contributed by atoms with Crippen molar-refractivity contribution < 1.29 is 23.5 Å². The van der Waals surface area contributed by atoms with Crippen molar-refractivity contribution in [2.75, 3.05) is 19.8 Å². The number of amides is 1. The summed E-state index contributed by atoms with van der Waals surface area (Å²) < 4.78 is 24.3. The molecule has 1 saturated heterocycles. The van der Waals surface area contributed by atoms with E-state index in [9.17, 15) is 14.0 Å². The molecule has 1 heterocycles. The first-order valence-electron chi connectivity index (χ1n) is 7.23. The van der Waals surface area contributed by atoms with Crippen molar-refractivity contribution in [3.8, 4) is 0 Å². The predicted molar refractivity (Wildman–Crippen MR) is 86.1 cm³/mol. The molecule has 0 saturated carbocycles. The third-order valence-electron chi connectivity index (χ3n) is 3.25. The Morgan fingerprint density at radius 2 is 2.30 bits per heavy atom. The van der Waals surface area contributed by atoms with Crippen molar-refractivity contribution >= 4 is 33.9 Å². The highest BCUT2D eigenvalue weighted by Crippen LogP contribution is 2.16. The van der Waals surface area contributed by atoms with Gasteiger partial charge in [-0.15, -0.1) is 0 Å². The van der Waals surface area contributed by atoms with Crippen LogP contribution in [-0.2, 0) is 19.1 Å². The van der Waals surface area contributed by atoms with Crippen LogP contribution in [0.3, 0.4) is 0 Å². The van der Waals surface area contributed by atoms with Crippen molar-refractivity contribution in [2.24, 2.45) is 0 Å². The third kappa shape index (κ3) is 6.11. The quantitative estimate of drug-likeness (QED) is 0.603. The summed E-state index contributed by atoms with van der Waals surface area (Å²) in [5.74, 6) is -1.56. The van der Waals surface area contributed by atoms with E-state index >= 15 is 0 Å². The lowest BCUT2D eigenvalue weighted by atomic mass is 10.2. The minimum Gasteiger partial charge on any atom is -0.452 e. The van der Waals surface area contributed by atoms with Gasteiger partial charge in [-0.25, -0.2) is 9.18 Å². The Balaban J connectivity index is 1.72. The summed E-state index contributed by atoms with van der Waals surface area (Å²) >= 11 is 3.22. The number of hydrogen-bond acceptors (Lipinski definition) is 4. The lowest BCUT2D eigenvalue weighted by molar-refractivity contribution is -0.143. The number of hydrogen-bond donors (Lipinski definition) is 1. The fraction of sp³-hybridized carbons (Fsp3) is 0.375. The molecule has 1 aliphatic heterocycles. The normalized spacial score (nSPS) is 17.4. The van der Waals surface area contributed by atoms with Crippen LogP contribution < -0.4 is 5.32 Å². The topological polar surface area (TPSA) is 64.6 Å². The third-order valence-corrected chi connectivity index (χ3v) is 3.75. The van der Waals surface area contributed by atoms with Crippen LogP contribution in [0.1, 0.15) is 18.4 Å². The zero-order chi connectivity index (χ0) is 16.7. The van der Waals surface area contributed by atoms with E-state index < -0.39 is 17.7 Å². The van der Waals surface area contributed by atoms with E-state index in [1.165, 1.54) is 18.2 Å². The minimum absolute atomic E-state index is 0.0362. The second-order valence-electron chi connectivity index (χ2n) is 5.05. The Hall–Kier alpha value is -1.73. The van der Waals surface area contributed by atoms with Gasteiger partial charge in [0.05, 0.1) is 6.10 Å². The largest absolute Gasteiger partial charge is 0.452 e. The summed E-state index contributed by atoms with van der Waals surface area (Å²) in [5.41, 5.74) is 0.249. The van der Waals surface area contributed by atoms with Crippen LogP contribution >= 0.6 is 15.9 Å². The van der Waals surface area contributed by atoms with Gasteiger partial charge in [0.1, 0.15) is 5.82 Å². The molecule has 2 rings (SSSR count). The SMILES string of the molecule is O=C(COC(=O)C=Cc1cc(Br)ccc1F)NCC1CCCO1. The molecule has 1 fully saturated rings. The van der Waals surface area contributed by atoms with Gasteiger partial charge >= 0.3 is 5.97 Å². The lowest BCUT2D eigenvalue weighted by Gasteiger charge is -2.10. The van der Waals surface area contributed by atoms with Crippen molar-refractivity contribution in [2.45, 2.75) is 18.9 Å². The fourth-order valence-corrected chi connectivity index (χ4v) is 2.45. The molecule has 1 aromatic carbocycles. The number of carbonyl (C=O) groups excluding carboxylic acids is 2. The average Bonchev–Trinajstić information content (AvgIpc) is 3.05. The molecule has 0 aliphatic carbocycles. The van der Waals surface area contributed by atoms with Crippen molar-refractivity contribution in [1.82, 2.24) is 5.32 Å². The molecule has 0 spiro atoms. The molecule has 1 aromatic rings. The first-order valence-corrected chi connectivity index (χ1v) is 8.02. The van der Waals surface area contributed by atoms with Crippen LogP contribution in [0.4, 0.5) is 4.39 Å². The smallest absolute Gasteiger partial charge is 0.331 e. The van der Waals surface area contributed by atoms with Gasteiger partial charge in [-0.3, -0.25) is 4.79 Å². The molecule has 0 aromatic heterocycles. The highest BCUT2D eigenvalue weighted by atomic mass is 79.9. The van der Waals surface area contributed by atoms with E-state index in [0.717, 1.165) is 18.9 Å². The number of nitrogens with one attached hydrogen (secondary N) is 1. The standard InChI is InChI=1S/C16H17BrFNO4/c17-12-4-5-14(18)11(8-12)3-6-16(21)23-10-15(20)19-9-13-2-1-7-22-13/h3-6,8,13H,1-2,7,9-10H2,(H,19,20). The van der Waals surface area contributed by atoms with Gasteiger partial charge in [0.2, 0.25) is 0 Å². The van der Waals surface area contributed by atoms with Crippen LogP contribution in [-0.4, -0.2) is 37.7 Å². The Kier molecular flexibility index (Phi) is 6.73. The molecule has 1 N–H and O–H groups in total. The van der Waals surface area contributed by atoms with E-state index in [0.29, 0.717) is 17.6 Å². The number of carbonyl (C=O) groups is 2. The fourth-order valence-electron chi connectivity index (χ4n) is 2.07. The second-order valence-corrected chi connectivity index (χ2v) is 5.96. The summed E-state index contributed by atoms with van der Waals surface area (Å²) in [7, 11) is 0. The van der Waals surface area contributed by atoms with Crippen LogP contribution in [0, 0.1) is 5.82 Å². The first-order chi connectivity index (χ1) is 11.0.